The van der Waals surface area contributed by atoms with Gasteiger partial charge >= 0.3 is 12.0 Å². The van der Waals surface area contributed by atoms with E-state index in [1.54, 1.807) is 6.92 Å². The fraction of sp³-hybridized carbons (Fsp3) is 0.556. The minimum atomic E-state index is -1.17. The number of carbonyl (C=O) groups excluding carboxylic acids is 1. The Morgan fingerprint density at radius 1 is 1.53 bits per heavy atom. The average molecular weight is 214 g/mol. The molecule has 6 nitrogen and oxygen atoms in total. The number of carboxylic acids is 1. The van der Waals surface area contributed by atoms with Crippen LogP contribution in [0, 0.1) is 12.3 Å². The van der Waals surface area contributed by atoms with Crippen LogP contribution in [0.4, 0.5) is 4.79 Å². The lowest BCUT2D eigenvalue weighted by Gasteiger charge is -2.15. The Balaban J connectivity index is 4.12. The van der Waals surface area contributed by atoms with Gasteiger partial charge in [0, 0.05) is 7.11 Å². The van der Waals surface area contributed by atoms with Crippen molar-refractivity contribution in [2.75, 3.05) is 13.7 Å². The largest absolute Gasteiger partial charge is 0.480 e. The zero-order valence-electron chi connectivity index (χ0n) is 8.61. The van der Waals surface area contributed by atoms with Gasteiger partial charge in [-0.15, -0.1) is 6.42 Å². The van der Waals surface area contributed by atoms with E-state index >= 15 is 0 Å². The predicted octanol–water partition coefficient (Wildman–Crippen LogP) is -0.593. The topological polar surface area (TPSA) is 87.7 Å². The molecule has 0 aliphatic carbocycles. The highest BCUT2D eigenvalue weighted by molar-refractivity contribution is 5.82. The Morgan fingerprint density at radius 3 is 2.53 bits per heavy atom. The molecule has 0 spiro atoms. The smallest absolute Gasteiger partial charge is 0.328 e. The first-order chi connectivity index (χ1) is 7.01. The summed E-state index contributed by atoms with van der Waals surface area (Å²) in [6.45, 7) is 1.50. The summed E-state index contributed by atoms with van der Waals surface area (Å²) in [5, 5.41) is 13.3. The molecular weight excluding hydrogens is 200 g/mol. The molecule has 2 atom stereocenters. The highest BCUT2D eigenvalue weighted by Crippen LogP contribution is 1.86. The summed E-state index contributed by atoms with van der Waals surface area (Å²) >= 11 is 0. The van der Waals surface area contributed by atoms with Crippen molar-refractivity contribution in [3.8, 4) is 12.3 Å². The zero-order chi connectivity index (χ0) is 11.8. The van der Waals surface area contributed by atoms with Gasteiger partial charge in [0.15, 0.2) is 6.04 Å². The third-order valence-electron chi connectivity index (χ3n) is 1.53. The molecule has 0 radical (unpaired) electrons. The van der Waals surface area contributed by atoms with Crippen LogP contribution in [0.5, 0.6) is 0 Å². The van der Waals surface area contributed by atoms with Crippen LogP contribution in [0.25, 0.3) is 0 Å². The van der Waals surface area contributed by atoms with Gasteiger partial charge in [0.25, 0.3) is 0 Å². The van der Waals surface area contributed by atoms with Crippen molar-refractivity contribution in [1.29, 1.82) is 0 Å². The van der Waals surface area contributed by atoms with E-state index in [-0.39, 0.29) is 6.61 Å². The highest BCUT2D eigenvalue weighted by Gasteiger charge is 2.19. The van der Waals surface area contributed by atoms with Gasteiger partial charge < -0.3 is 20.5 Å². The van der Waals surface area contributed by atoms with E-state index < -0.39 is 24.1 Å². The summed E-state index contributed by atoms with van der Waals surface area (Å²) in [6.07, 6.45) is 5.04. The van der Waals surface area contributed by atoms with Crippen LogP contribution in [0.1, 0.15) is 6.92 Å². The normalized spacial score (nSPS) is 13.4. The van der Waals surface area contributed by atoms with E-state index in [1.165, 1.54) is 7.11 Å². The molecule has 15 heavy (non-hydrogen) atoms. The second kappa shape index (κ2) is 6.68. The summed E-state index contributed by atoms with van der Waals surface area (Å²) in [5.74, 6) is 1.11. The molecule has 0 bridgehead atoms. The summed E-state index contributed by atoms with van der Waals surface area (Å²) in [4.78, 5) is 21.8. The maximum atomic E-state index is 11.2. The van der Waals surface area contributed by atoms with Crippen molar-refractivity contribution in [1.82, 2.24) is 10.6 Å². The van der Waals surface area contributed by atoms with E-state index in [2.05, 4.69) is 21.3 Å². The fourth-order valence-electron chi connectivity index (χ4n) is 0.780. The number of nitrogens with one attached hydrogen (secondary N) is 2. The quantitative estimate of drug-likeness (QED) is 0.534. The van der Waals surface area contributed by atoms with Gasteiger partial charge in [-0.25, -0.2) is 9.59 Å². The van der Waals surface area contributed by atoms with Crippen LogP contribution in [-0.4, -0.2) is 42.9 Å². The molecule has 2 unspecified atom stereocenters. The molecule has 3 N–H and O–H groups in total. The van der Waals surface area contributed by atoms with E-state index in [0.717, 1.165) is 0 Å². The SMILES string of the molecule is C#CC(C)NC(=O)NC(COC)C(=O)O. The zero-order valence-corrected chi connectivity index (χ0v) is 8.61. The maximum Gasteiger partial charge on any atom is 0.328 e. The number of methoxy groups -OCH3 is 1. The number of ether oxygens (including phenoxy) is 1. The number of terminal acetylenes is 1. The lowest BCUT2D eigenvalue weighted by Crippen LogP contribution is -2.49. The van der Waals surface area contributed by atoms with Gasteiger partial charge in [0.1, 0.15) is 0 Å². The second-order valence-electron chi connectivity index (χ2n) is 2.85. The Labute approximate surface area is 88.0 Å². The van der Waals surface area contributed by atoms with Crippen molar-refractivity contribution in [3.63, 3.8) is 0 Å². The van der Waals surface area contributed by atoms with Crippen molar-refractivity contribution >= 4 is 12.0 Å². The van der Waals surface area contributed by atoms with Crippen molar-refractivity contribution in [3.05, 3.63) is 0 Å². The van der Waals surface area contributed by atoms with Crippen molar-refractivity contribution < 1.29 is 19.4 Å². The van der Waals surface area contributed by atoms with Crippen LogP contribution >= 0.6 is 0 Å². The number of urea groups is 1. The number of aliphatic carboxylic acids is 1. The summed E-state index contributed by atoms with van der Waals surface area (Å²) in [7, 11) is 1.35. The molecule has 0 aliphatic heterocycles. The van der Waals surface area contributed by atoms with Gasteiger partial charge in [0.05, 0.1) is 12.6 Å². The first kappa shape index (κ1) is 13.3. The lowest BCUT2D eigenvalue weighted by molar-refractivity contribution is -0.140. The van der Waals surface area contributed by atoms with Gasteiger partial charge in [-0.1, -0.05) is 5.92 Å². The molecule has 0 aromatic carbocycles. The number of carbonyl (C=O) groups is 2. The number of amides is 2. The third-order valence-corrected chi connectivity index (χ3v) is 1.53. The Bertz CT molecular complexity index is 272. The molecule has 0 aromatic rings. The number of rotatable bonds is 5. The Hall–Kier alpha value is -1.74. The average Bonchev–Trinajstić information content (AvgIpc) is 2.16. The number of hydrogen-bond donors (Lipinski definition) is 3. The van der Waals surface area contributed by atoms with Gasteiger partial charge in [0.2, 0.25) is 0 Å². The first-order valence-electron chi connectivity index (χ1n) is 4.26. The molecule has 0 aliphatic rings. The standard InChI is InChI=1S/C9H14N2O4/c1-4-6(2)10-9(14)11-7(5-15-3)8(12)13/h1,6-7H,5H2,2-3H3,(H,12,13)(H2,10,11,14). The van der Waals surface area contributed by atoms with Gasteiger partial charge in [-0.3, -0.25) is 0 Å². The predicted molar refractivity (Wildman–Crippen MR) is 53.3 cm³/mol. The monoisotopic (exact) mass is 214 g/mol. The van der Waals surface area contributed by atoms with E-state index in [1.807, 2.05) is 0 Å². The van der Waals surface area contributed by atoms with Gasteiger partial charge in [-0.05, 0) is 6.92 Å². The Morgan fingerprint density at radius 2 is 2.13 bits per heavy atom. The summed E-state index contributed by atoms with van der Waals surface area (Å²) in [5.41, 5.74) is 0. The van der Waals surface area contributed by atoms with Crippen LogP contribution < -0.4 is 10.6 Å². The second-order valence-corrected chi connectivity index (χ2v) is 2.85. The molecule has 0 fully saturated rings. The number of carboxylic acid groups (broad SMARTS) is 1. The number of hydrogen-bond acceptors (Lipinski definition) is 3. The lowest BCUT2D eigenvalue weighted by atomic mass is 10.3. The molecule has 0 rings (SSSR count). The molecule has 2 amide bonds. The minimum Gasteiger partial charge on any atom is -0.480 e. The molecule has 0 saturated heterocycles. The summed E-state index contributed by atoms with van der Waals surface area (Å²) < 4.78 is 4.63. The van der Waals surface area contributed by atoms with Crippen molar-refractivity contribution in [2.24, 2.45) is 0 Å². The van der Waals surface area contributed by atoms with Crippen LogP contribution in [0.2, 0.25) is 0 Å². The van der Waals surface area contributed by atoms with E-state index in [0.29, 0.717) is 0 Å². The molecule has 0 aromatic heterocycles. The molecule has 0 heterocycles. The van der Waals surface area contributed by atoms with Crippen LogP contribution in [-0.2, 0) is 9.53 Å². The van der Waals surface area contributed by atoms with Gasteiger partial charge in [-0.2, -0.15) is 0 Å². The van der Waals surface area contributed by atoms with E-state index in [4.69, 9.17) is 11.5 Å². The highest BCUT2D eigenvalue weighted by atomic mass is 16.5. The first-order valence-corrected chi connectivity index (χ1v) is 4.26. The summed E-state index contributed by atoms with van der Waals surface area (Å²) in [6, 6.07) is -2.17. The molecule has 84 valence electrons. The maximum absolute atomic E-state index is 11.2. The fourth-order valence-corrected chi connectivity index (χ4v) is 0.780. The van der Waals surface area contributed by atoms with Crippen LogP contribution in [0.15, 0.2) is 0 Å². The molecule has 0 saturated carbocycles. The minimum absolute atomic E-state index is 0.104. The molecule has 6 heteroatoms. The van der Waals surface area contributed by atoms with Crippen LogP contribution in [0.3, 0.4) is 0 Å². The third kappa shape index (κ3) is 5.54. The van der Waals surface area contributed by atoms with Crippen molar-refractivity contribution in [2.45, 2.75) is 19.0 Å². The molecular formula is C9H14N2O4. The van der Waals surface area contributed by atoms with E-state index in [9.17, 15) is 9.59 Å². The Kier molecular flexibility index (Phi) is 5.90.